The van der Waals surface area contributed by atoms with Crippen LogP contribution in [-0.2, 0) is 0 Å². The summed E-state index contributed by atoms with van der Waals surface area (Å²) in [6.07, 6.45) is 0. The molecule has 21 heavy (non-hydrogen) atoms. The largest absolute Gasteiger partial charge is 0.389 e. The van der Waals surface area contributed by atoms with E-state index in [9.17, 15) is 13.6 Å². The van der Waals surface area contributed by atoms with Gasteiger partial charge in [-0.05, 0) is 36.4 Å². The van der Waals surface area contributed by atoms with Crippen LogP contribution in [0.3, 0.4) is 0 Å². The lowest BCUT2D eigenvalue weighted by Gasteiger charge is -2.08. The maximum atomic E-state index is 13.8. The standard InChI is InChI=1S/C14H9BrF2N2OS/c15-8-2-3-9(10(16)6-8)14(20)19-12-4-1-7(13(18)21)5-11(12)17/h1-6H,(H2,18,21)(H,19,20). The maximum Gasteiger partial charge on any atom is 0.258 e. The van der Waals surface area contributed by atoms with Gasteiger partial charge in [-0.15, -0.1) is 0 Å². The lowest BCUT2D eigenvalue weighted by Crippen LogP contribution is -2.15. The van der Waals surface area contributed by atoms with Gasteiger partial charge in [-0.3, -0.25) is 4.79 Å². The third-order valence-electron chi connectivity index (χ3n) is 2.68. The second-order valence-corrected chi connectivity index (χ2v) is 5.49. The summed E-state index contributed by atoms with van der Waals surface area (Å²) in [5.41, 5.74) is 5.46. The van der Waals surface area contributed by atoms with Crippen molar-refractivity contribution in [2.75, 3.05) is 5.32 Å². The van der Waals surface area contributed by atoms with Crippen LogP contribution in [0.5, 0.6) is 0 Å². The quantitative estimate of drug-likeness (QED) is 0.811. The van der Waals surface area contributed by atoms with Gasteiger partial charge in [0.15, 0.2) is 0 Å². The summed E-state index contributed by atoms with van der Waals surface area (Å²) in [5, 5.41) is 2.30. The molecule has 0 bridgehead atoms. The minimum Gasteiger partial charge on any atom is -0.389 e. The molecule has 3 nitrogen and oxygen atoms in total. The molecular formula is C14H9BrF2N2OS. The Kier molecular flexibility index (Phi) is 4.64. The minimum atomic E-state index is -0.748. The molecule has 1 amide bonds. The van der Waals surface area contributed by atoms with Gasteiger partial charge >= 0.3 is 0 Å². The number of halogens is 3. The molecule has 2 aromatic rings. The number of nitrogens with two attached hydrogens (primary N) is 1. The number of amides is 1. The van der Waals surface area contributed by atoms with Crippen LogP contribution in [0.15, 0.2) is 40.9 Å². The first-order valence-electron chi connectivity index (χ1n) is 5.74. The van der Waals surface area contributed by atoms with Crippen molar-refractivity contribution in [3.63, 3.8) is 0 Å². The highest BCUT2D eigenvalue weighted by atomic mass is 79.9. The predicted molar refractivity (Wildman–Crippen MR) is 84.3 cm³/mol. The van der Waals surface area contributed by atoms with Gasteiger partial charge in [-0.25, -0.2) is 8.78 Å². The fourth-order valence-electron chi connectivity index (χ4n) is 1.63. The van der Waals surface area contributed by atoms with Gasteiger partial charge in [-0.2, -0.15) is 0 Å². The zero-order chi connectivity index (χ0) is 15.6. The second kappa shape index (κ2) is 6.28. The molecule has 0 unspecified atom stereocenters. The van der Waals surface area contributed by atoms with Crippen LogP contribution in [0.1, 0.15) is 15.9 Å². The average molecular weight is 371 g/mol. The molecule has 0 aromatic heterocycles. The number of nitrogens with one attached hydrogen (secondary N) is 1. The van der Waals surface area contributed by atoms with E-state index < -0.39 is 17.5 Å². The highest BCUT2D eigenvalue weighted by molar-refractivity contribution is 9.10. The van der Waals surface area contributed by atoms with Crippen LogP contribution in [-0.4, -0.2) is 10.9 Å². The van der Waals surface area contributed by atoms with Crippen molar-refractivity contribution in [2.24, 2.45) is 5.73 Å². The first-order chi connectivity index (χ1) is 9.88. The molecular weight excluding hydrogens is 362 g/mol. The summed E-state index contributed by atoms with van der Waals surface area (Å²) in [4.78, 5) is 12.0. The Labute approximate surface area is 133 Å². The molecule has 108 valence electrons. The highest BCUT2D eigenvalue weighted by Crippen LogP contribution is 2.19. The van der Waals surface area contributed by atoms with E-state index in [1.54, 1.807) is 0 Å². The van der Waals surface area contributed by atoms with Crippen LogP contribution < -0.4 is 11.1 Å². The number of carbonyl (C=O) groups excluding carboxylic acids is 1. The molecule has 2 aromatic carbocycles. The molecule has 0 aliphatic heterocycles. The Morgan fingerprint density at radius 3 is 2.43 bits per heavy atom. The van der Waals surface area contributed by atoms with Gasteiger partial charge in [-0.1, -0.05) is 28.1 Å². The molecule has 7 heteroatoms. The Bertz CT molecular complexity index is 737. The SMILES string of the molecule is NC(=S)c1ccc(NC(=O)c2ccc(Br)cc2F)c(F)c1. The van der Waals surface area contributed by atoms with Gasteiger partial charge < -0.3 is 11.1 Å². The summed E-state index contributed by atoms with van der Waals surface area (Å²) in [6.45, 7) is 0. The monoisotopic (exact) mass is 370 g/mol. The summed E-state index contributed by atoms with van der Waals surface area (Å²) in [7, 11) is 0. The third kappa shape index (κ3) is 3.62. The van der Waals surface area contributed by atoms with Gasteiger partial charge in [0.05, 0.1) is 11.3 Å². The number of carbonyl (C=O) groups is 1. The van der Waals surface area contributed by atoms with Crippen LogP contribution in [0.25, 0.3) is 0 Å². The van der Waals surface area contributed by atoms with Crippen LogP contribution in [0.2, 0.25) is 0 Å². The number of benzene rings is 2. The van der Waals surface area contributed by atoms with Crippen molar-refractivity contribution in [2.45, 2.75) is 0 Å². The molecule has 0 aliphatic rings. The van der Waals surface area contributed by atoms with Crippen molar-refractivity contribution in [1.29, 1.82) is 0 Å². The lowest BCUT2D eigenvalue weighted by atomic mass is 10.1. The summed E-state index contributed by atoms with van der Waals surface area (Å²) in [5.74, 6) is -2.16. The van der Waals surface area contributed by atoms with Crippen LogP contribution >= 0.6 is 28.1 Å². The Hall–Kier alpha value is -1.86. The van der Waals surface area contributed by atoms with E-state index in [2.05, 4.69) is 21.2 Å². The van der Waals surface area contributed by atoms with E-state index in [-0.39, 0.29) is 16.2 Å². The minimum absolute atomic E-state index is 0.0470. The number of hydrogen-bond donors (Lipinski definition) is 2. The lowest BCUT2D eigenvalue weighted by molar-refractivity contribution is 0.102. The molecule has 0 radical (unpaired) electrons. The fraction of sp³-hybridized carbons (Fsp3) is 0. The Balaban J connectivity index is 2.25. The van der Waals surface area contributed by atoms with E-state index in [1.165, 1.54) is 24.3 Å². The maximum absolute atomic E-state index is 13.8. The average Bonchev–Trinajstić information content (AvgIpc) is 2.40. The molecule has 3 N–H and O–H groups in total. The van der Waals surface area contributed by atoms with Gasteiger partial charge in [0.2, 0.25) is 0 Å². The predicted octanol–water partition coefficient (Wildman–Crippen LogP) is 3.61. The van der Waals surface area contributed by atoms with E-state index in [1.807, 2.05) is 0 Å². The van der Waals surface area contributed by atoms with Crippen LogP contribution in [0, 0.1) is 11.6 Å². The summed E-state index contributed by atoms with van der Waals surface area (Å²) in [6, 6.07) is 7.87. The Morgan fingerprint density at radius 2 is 1.86 bits per heavy atom. The number of anilines is 1. The third-order valence-corrected chi connectivity index (χ3v) is 3.41. The van der Waals surface area contributed by atoms with Gasteiger partial charge in [0.1, 0.15) is 16.6 Å². The summed E-state index contributed by atoms with van der Waals surface area (Å²) < 4.78 is 28.0. The van der Waals surface area contributed by atoms with E-state index >= 15 is 0 Å². The van der Waals surface area contributed by atoms with Crippen molar-refractivity contribution >= 4 is 44.7 Å². The van der Waals surface area contributed by atoms with E-state index in [0.29, 0.717) is 10.0 Å². The first kappa shape index (κ1) is 15.5. The number of hydrogen-bond acceptors (Lipinski definition) is 2. The smallest absolute Gasteiger partial charge is 0.258 e. The van der Waals surface area contributed by atoms with Crippen molar-refractivity contribution in [3.05, 3.63) is 63.6 Å². The number of thiocarbonyl (C=S) groups is 1. The topological polar surface area (TPSA) is 55.1 Å². The first-order valence-corrected chi connectivity index (χ1v) is 6.94. The fourth-order valence-corrected chi connectivity index (χ4v) is 2.09. The zero-order valence-electron chi connectivity index (χ0n) is 10.5. The van der Waals surface area contributed by atoms with Crippen molar-refractivity contribution < 1.29 is 13.6 Å². The van der Waals surface area contributed by atoms with E-state index in [0.717, 1.165) is 12.1 Å². The number of rotatable bonds is 3. The van der Waals surface area contributed by atoms with Gasteiger partial charge in [0.25, 0.3) is 5.91 Å². The van der Waals surface area contributed by atoms with Crippen molar-refractivity contribution in [1.82, 2.24) is 0 Å². The summed E-state index contributed by atoms with van der Waals surface area (Å²) >= 11 is 7.82. The normalized spacial score (nSPS) is 10.2. The Morgan fingerprint density at radius 1 is 1.14 bits per heavy atom. The van der Waals surface area contributed by atoms with Crippen LogP contribution in [0.4, 0.5) is 14.5 Å². The molecule has 2 rings (SSSR count). The molecule has 0 atom stereocenters. The molecule has 0 aliphatic carbocycles. The van der Waals surface area contributed by atoms with Gasteiger partial charge in [0, 0.05) is 10.0 Å². The molecule has 0 spiro atoms. The second-order valence-electron chi connectivity index (χ2n) is 4.14. The zero-order valence-corrected chi connectivity index (χ0v) is 12.9. The highest BCUT2D eigenvalue weighted by Gasteiger charge is 2.14. The molecule has 0 saturated heterocycles. The molecule has 0 heterocycles. The molecule has 0 saturated carbocycles. The van der Waals surface area contributed by atoms with Crippen molar-refractivity contribution in [3.8, 4) is 0 Å². The van der Waals surface area contributed by atoms with E-state index in [4.69, 9.17) is 18.0 Å². The molecule has 0 fully saturated rings.